The third-order valence-corrected chi connectivity index (χ3v) is 3.32. The second kappa shape index (κ2) is 4.24. The lowest BCUT2D eigenvalue weighted by Crippen LogP contribution is -1.96. The highest BCUT2D eigenvalue weighted by Crippen LogP contribution is 2.34. The van der Waals surface area contributed by atoms with E-state index in [4.69, 9.17) is 17.3 Å². The van der Waals surface area contributed by atoms with E-state index in [1.165, 1.54) is 6.07 Å². The number of rotatable bonds is 1. The Labute approximate surface area is 114 Å². The Hall–Kier alpha value is -2.07. The van der Waals surface area contributed by atoms with Crippen LogP contribution >= 0.6 is 11.6 Å². The largest absolute Gasteiger partial charge is 0.383 e. The summed E-state index contributed by atoms with van der Waals surface area (Å²) in [5.74, 6) is -0.0509. The van der Waals surface area contributed by atoms with Gasteiger partial charge in [0.2, 0.25) is 0 Å². The topological polar surface area (TPSA) is 43.3 Å². The Balaban J connectivity index is 2.35. The van der Waals surface area contributed by atoms with E-state index in [-0.39, 0.29) is 5.56 Å². The van der Waals surface area contributed by atoms with Crippen LogP contribution in [-0.2, 0) is 0 Å². The Morgan fingerprint density at radius 3 is 2.79 bits per heavy atom. The average molecular weight is 276 g/mol. The zero-order chi connectivity index (χ0) is 13.6. The molecule has 2 aromatic heterocycles. The Morgan fingerprint density at radius 2 is 2.05 bits per heavy atom. The number of halogens is 2. The molecule has 1 aromatic carbocycles. The van der Waals surface area contributed by atoms with E-state index >= 15 is 0 Å². The summed E-state index contributed by atoms with van der Waals surface area (Å²) in [7, 11) is 0. The Morgan fingerprint density at radius 1 is 1.26 bits per heavy atom. The summed E-state index contributed by atoms with van der Waals surface area (Å²) >= 11 is 6.05. The summed E-state index contributed by atoms with van der Waals surface area (Å²) < 4.78 is 15.7. The molecule has 5 heteroatoms. The Bertz CT molecular complexity index is 759. The first kappa shape index (κ1) is 12.0. The fourth-order valence-corrected chi connectivity index (χ4v) is 2.33. The number of benzene rings is 1. The maximum atomic E-state index is 13.9. The van der Waals surface area contributed by atoms with E-state index < -0.39 is 5.82 Å². The molecule has 0 aliphatic carbocycles. The summed E-state index contributed by atoms with van der Waals surface area (Å²) in [5.41, 5.74) is 8.37. The lowest BCUT2D eigenvalue weighted by Gasteiger charge is -2.03. The third kappa shape index (κ3) is 1.85. The minimum absolute atomic E-state index is 0.239. The zero-order valence-corrected chi connectivity index (χ0v) is 10.9. The van der Waals surface area contributed by atoms with Crippen LogP contribution in [0.4, 0.5) is 10.2 Å². The summed E-state index contributed by atoms with van der Waals surface area (Å²) in [6.45, 7) is 1.95. The molecular formula is C14H11ClFN3. The minimum Gasteiger partial charge on any atom is -0.383 e. The van der Waals surface area contributed by atoms with Gasteiger partial charge in [-0.05, 0) is 30.7 Å². The number of nitrogens with two attached hydrogens (primary N) is 1. The molecule has 0 atom stereocenters. The molecule has 3 aromatic rings. The molecular weight excluding hydrogens is 265 g/mol. The molecule has 2 N–H and O–H groups in total. The van der Waals surface area contributed by atoms with Crippen LogP contribution in [-0.4, -0.2) is 9.38 Å². The van der Waals surface area contributed by atoms with Crippen LogP contribution in [0.5, 0.6) is 0 Å². The van der Waals surface area contributed by atoms with Gasteiger partial charge in [0.25, 0.3) is 0 Å². The van der Waals surface area contributed by atoms with Crippen LogP contribution in [0.3, 0.4) is 0 Å². The standard InChI is InChI=1S/C14H11ClFN3/c1-8-5-6-11-18-13(14(17)19(11)7-8)12-9(15)3-2-4-10(12)16/h2-7H,17H2,1H3. The maximum absolute atomic E-state index is 13.9. The van der Waals surface area contributed by atoms with E-state index in [0.717, 1.165) is 5.56 Å². The molecule has 3 nitrogen and oxygen atoms in total. The van der Waals surface area contributed by atoms with Crippen molar-refractivity contribution >= 4 is 23.1 Å². The fourth-order valence-electron chi connectivity index (χ4n) is 2.08. The number of hydrogen-bond donors (Lipinski definition) is 1. The number of hydrogen-bond acceptors (Lipinski definition) is 2. The molecule has 0 aliphatic heterocycles. The van der Waals surface area contributed by atoms with Crippen molar-refractivity contribution in [2.24, 2.45) is 0 Å². The van der Waals surface area contributed by atoms with Crippen LogP contribution in [0.25, 0.3) is 16.9 Å². The molecule has 0 amide bonds. The first-order valence-electron chi connectivity index (χ1n) is 5.76. The normalized spacial score (nSPS) is 11.1. The minimum atomic E-state index is -0.431. The van der Waals surface area contributed by atoms with Crippen LogP contribution in [0.1, 0.15) is 5.56 Å². The molecule has 0 fully saturated rings. The second-order valence-corrected chi connectivity index (χ2v) is 4.78. The number of imidazole rings is 1. The molecule has 0 unspecified atom stereocenters. The number of aryl methyl sites for hydroxylation is 1. The van der Waals surface area contributed by atoms with Crippen molar-refractivity contribution < 1.29 is 4.39 Å². The SMILES string of the molecule is Cc1ccc2nc(-c3c(F)cccc3Cl)c(N)n2c1. The maximum Gasteiger partial charge on any atom is 0.139 e. The lowest BCUT2D eigenvalue weighted by molar-refractivity contribution is 0.631. The highest BCUT2D eigenvalue weighted by molar-refractivity contribution is 6.33. The van der Waals surface area contributed by atoms with E-state index in [1.807, 2.05) is 25.3 Å². The first-order valence-corrected chi connectivity index (χ1v) is 6.14. The molecule has 0 bridgehead atoms. The quantitative estimate of drug-likeness (QED) is 0.736. The number of aromatic nitrogens is 2. The van der Waals surface area contributed by atoms with E-state index in [1.54, 1.807) is 16.5 Å². The second-order valence-electron chi connectivity index (χ2n) is 4.38. The van der Waals surface area contributed by atoms with Crippen molar-refractivity contribution in [2.75, 3.05) is 5.73 Å². The van der Waals surface area contributed by atoms with Crippen molar-refractivity contribution in [2.45, 2.75) is 6.92 Å². The molecule has 3 rings (SSSR count). The monoisotopic (exact) mass is 275 g/mol. The number of nitrogen functional groups attached to an aromatic ring is 1. The molecule has 0 saturated heterocycles. The molecule has 96 valence electrons. The van der Waals surface area contributed by atoms with Gasteiger partial charge in [-0.2, -0.15) is 0 Å². The first-order chi connectivity index (χ1) is 9.08. The number of pyridine rings is 1. The van der Waals surface area contributed by atoms with Gasteiger partial charge < -0.3 is 5.73 Å². The zero-order valence-electron chi connectivity index (χ0n) is 10.2. The smallest absolute Gasteiger partial charge is 0.139 e. The van der Waals surface area contributed by atoms with Gasteiger partial charge in [-0.25, -0.2) is 9.37 Å². The van der Waals surface area contributed by atoms with Crippen LogP contribution in [0.15, 0.2) is 36.5 Å². The van der Waals surface area contributed by atoms with Crippen LogP contribution < -0.4 is 5.73 Å². The number of nitrogens with zero attached hydrogens (tertiary/aromatic N) is 2. The molecule has 19 heavy (non-hydrogen) atoms. The molecule has 0 saturated carbocycles. The predicted octanol–water partition coefficient (Wildman–Crippen LogP) is 3.68. The van der Waals surface area contributed by atoms with Gasteiger partial charge in [0.1, 0.15) is 23.0 Å². The highest BCUT2D eigenvalue weighted by Gasteiger charge is 2.17. The summed E-state index contributed by atoms with van der Waals surface area (Å²) in [6.07, 6.45) is 1.86. The number of fused-ring (bicyclic) bond motifs is 1. The summed E-state index contributed by atoms with van der Waals surface area (Å²) in [4.78, 5) is 4.36. The fraction of sp³-hybridized carbons (Fsp3) is 0.0714. The summed E-state index contributed by atoms with van der Waals surface area (Å²) in [5, 5.41) is 0.298. The predicted molar refractivity (Wildman–Crippen MR) is 74.7 cm³/mol. The lowest BCUT2D eigenvalue weighted by atomic mass is 10.1. The van der Waals surface area contributed by atoms with Crippen LogP contribution in [0, 0.1) is 12.7 Å². The molecule has 0 radical (unpaired) electrons. The van der Waals surface area contributed by atoms with Crippen molar-refractivity contribution in [1.29, 1.82) is 0 Å². The number of anilines is 1. The molecule has 2 heterocycles. The van der Waals surface area contributed by atoms with Gasteiger partial charge >= 0.3 is 0 Å². The van der Waals surface area contributed by atoms with E-state index in [0.29, 0.717) is 22.2 Å². The molecule has 0 aliphatic rings. The van der Waals surface area contributed by atoms with E-state index in [9.17, 15) is 4.39 Å². The third-order valence-electron chi connectivity index (χ3n) is 3.00. The Kier molecular flexibility index (Phi) is 2.68. The summed E-state index contributed by atoms with van der Waals surface area (Å²) in [6, 6.07) is 8.28. The van der Waals surface area contributed by atoms with Crippen molar-refractivity contribution in [3.8, 4) is 11.3 Å². The van der Waals surface area contributed by atoms with Crippen molar-refractivity contribution in [1.82, 2.24) is 9.38 Å². The highest BCUT2D eigenvalue weighted by atomic mass is 35.5. The van der Waals surface area contributed by atoms with Gasteiger partial charge in [0.15, 0.2) is 0 Å². The van der Waals surface area contributed by atoms with Gasteiger partial charge in [-0.1, -0.05) is 23.7 Å². The van der Waals surface area contributed by atoms with Gasteiger partial charge in [0.05, 0.1) is 10.6 Å². The molecule has 0 spiro atoms. The van der Waals surface area contributed by atoms with Crippen LogP contribution in [0.2, 0.25) is 5.02 Å². The average Bonchev–Trinajstić information content (AvgIpc) is 2.67. The van der Waals surface area contributed by atoms with Crippen molar-refractivity contribution in [3.05, 3.63) is 52.9 Å². The van der Waals surface area contributed by atoms with Crippen molar-refractivity contribution in [3.63, 3.8) is 0 Å². The van der Waals surface area contributed by atoms with Gasteiger partial charge in [-0.15, -0.1) is 0 Å². The van der Waals surface area contributed by atoms with Gasteiger partial charge in [-0.3, -0.25) is 4.40 Å². The van der Waals surface area contributed by atoms with Gasteiger partial charge in [0, 0.05) is 6.20 Å². The van der Waals surface area contributed by atoms with E-state index in [2.05, 4.69) is 4.98 Å².